The second kappa shape index (κ2) is 13.6. The zero-order chi connectivity index (χ0) is 22.1. The van der Waals surface area contributed by atoms with Crippen molar-refractivity contribution in [3.05, 3.63) is 23.8 Å². The van der Waals surface area contributed by atoms with Gasteiger partial charge in [-0.25, -0.2) is 4.99 Å². The summed E-state index contributed by atoms with van der Waals surface area (Å²) in [4.78, 5) is 20.4. The number of carbonyl (C=O) groups is 1. The van der Waals surface area contributed by atoms with Gasteiger partial charge in [0.2, 0.25) is 5.91 Å². The number of hydrogen-bond acceptors (Lipinski definition) is 5. The van der Waals surface area contributed by atoms with Gasteiger partial charge >= 0.3 is 0 Å². The van der Waals surface area contributed by atoms with Crippen LogP contribution < -0.4 is 20.1 Å². The molecule has 2 N–H and O–H groups in total. The lowest BCUT2D eigenvalue weighted by atomic mass is 10.2. The van der Waals surface area contributed by atoms with E-state index in [1.807, 2.05) is 18.2 Å². The van der Waals surface area contributed by atoms with Crippen molar-refractivity contribution in [3.8, 4) is 11.5 Å². The maximum atomic E-state index is 11.9. The van der Waals surface area contributed by atoms with E-state index < -0.39 is 0 Å². The van der Waals surface area contributed by atoms with Crippen molar-refractivity contribution < 1.29 is 14.3 Å². The second-order valence-electron chi connectivity index (χ2n) is 7.99. The third kappa shape index (κ3) is 9.10. The van der Waals surface area contributed by atoms with Crippen molar-refractivity contribution in [2.75, 3.05) is 47.9 Å². The summed E-state index contributed by atoms with van der Waals surface area (Å²) in [6, 6.07) is 6.55. The SMILES string of the molecule is CCC(C)NC(=NCC(=O)N(C)C)NC1CCN(Cc2cc(OC)cc(OC)c2)C1.I. The summed E-state index contributed by atoms with van der Waals surface area (Å²) in [5.41, 5.74) is 1.16. The van der Waals surface area contributed by atoms with Gasteiger partial charge in [-0.05, 0) is 37.5 Å². The van der Waals surface area contributed by atoms with E-state index in [-0.39, 0.29) is 48.5 Å². The van der Waals surface area contributed by atoms with Crippen molar-refractivity contribution in [3.63, 3.8) is 0 Å². The molecule has 1 fully saturated rings. The largest absolute Gasteiger partial charge is 0.497 e. The van der Waals surface area contributed by atoms with Gasteiger partial charge in [0, 0.05) is 51.9 Å². The first kappa shape index (κ1) is 27.3. The van der Waals surface area contributed by atoms with E-state index in [1.54, 1.807) is 33.2 Å². The number of aliphatic imine (C=N–C) groups is 1. The highest BCUT2D eigenvalue weighted by Gasteiger charge is 2.24. The first-order valence-corrected chi connectivity index (χ1v) is 10.6. The summed E-state index contributed by atoms with van der Waals surface area (Å²) in [6.45, 7) is 7.10. The molecular formula is C22H38IN5O3. The molecule has 1 saturated heterocycles. The van der Waals surface area contributed by atoms with Crippen LogP contribution in [0.1, 0.15) is 32.3 Å². The lowest BCUT2D eigenvalue weighted by molar-refractivity contribution is -0.127. The van der Waals surface area contributed by atoms with Gasteiger partial charge < -0.3 is 25.0 Å². The van der Waals surface area contributed by atoms with Gasteiger partial charge in [0.05, 0.1) is 14.2 Å². The van der Waals surface area contributed by atoms with Crippen LogP contribution in [0, 0.1) is 0 Å². The average Bonchev–Trinajstić information content (AvgIpc) is 3.17. The highest BCUT2D eigenvalue weighted by molar-refractivity contribution is 14.0. The molecule has 1 heterocycles. The fraction of sp³-hybridized carbons (Fsp3) is 0.636. The van der Waals surface area contributed by atoms with Gasteiger partial charge in [-0.1, -0.05) is 6.92 Å². The molecule has 1 amide bonds. The standard InChI is InChI=1S/C22H37N5O3.HI/c1-7-16(2)24-22(23-13-21(28)26(3)4)25-18-8-9-27(15-18)14-17-10-19(29-5)12-20(11-17)30-6;/h10-12,16,18H,7-9,13-15H2,1-6H3,(H2,23,24,25);1H. The second-order valence-corrected chi connectivity index (χ2v) is 7.99. The predicted octanol–water partition coefficient (Wildman–Crippen LogP) is 2.32. The highest BCUT2D eigenvalue weighted by Crippen LogP contribution is 2.24. The number of hydrogen-bond donors (Lipinski definition) is 2. The Bertz CT molecular complexity index is 707. The summed E-state index contributed by atoms with van der Waals surface area (Å²) in [7, 11) is 6.83. The molecule has 176 valence electrons. The molecule has 2 unspecified atom stereocenters. The molecule has 1 aromatic rings. The first-order chi connectivity index (χ1) is 14.3. The number of nitrogens with one attached hydrogen (secondary N) is 2. The number of benzene rings is 1. The van der Waals surface area contributed by atoms with Gasteiger partial charge in [0.1, 0.15) is 18.0 Å². The molecule has 1 aliphatic rings. The van der Waals surface area contributed by atoms with E-state index in [1.165, 1.54) is 0 Å². The molecule has 9 heteroatoms. The summed E-state index contributed by atoms with van der Waals surface area (Å²) in [5, 5.41) is 6.91. The molecule has 2 rings (SSSR count). The number of nitrogens with zero attached hydrogens (tertiary/aromatic N) is 3. The number of amides is 1. The summed E-state index contributed by atoms with van der Waals surface area (Å²) < 4.78 is 10.8. The number of rotatable bonds is 9. The van der Waals surface area contributed by atoms with E-state index in [0.717, 1.165) is 49.5 Å². The Morgan fingerprint density at radius 2 is 1.90 bits per heavy atom. The molecule has 8 nitrogen and oxygen atoms in total. The number of likely N-dealkylation sites (N-methyl/N-ethyl adjacent to an activating group) is 1. The summed E-state index contributed by atoms with van der Waals surface area (Å²) in [6.07, 6.45) is 2.00. The Labute approximate surface area is 203 Å². The lowest BCUT2D eigenvalue weighted by Gasteiger charge is -2.22. The van der Waals surface area contributed by atoms with Crippen molar-refractivity contribution in [2.24, 2.45) is 4.99 Å². The van der Waals surface area contributed by atoms with E-state index in [4.69, 9.17) is 9.47 Å². The number of guanidine groups is 1. The van der Waals surface area contributed by atoms with Crippen LogP contribution in [0.25, 0.3) is 0 Å². The number of ether oxygens (including phenoxy) is 2. The molecule has 0 spiro atoms. The summed E-state index contributed by atoms with van der Waals surface area (Å²) >= 11 is 0. The van der Waals surface area contributed by atoms with Crippen molar-refractivity contribution in [2.45, 2.75) is 45.3 Å². The van der Waals surface area contributed by atoms with Crippen LogP contribution in [-0.2, 0) is 11.3 Å². The Balaban J connectivity index is 0.00000480. The first-order valence-electron chi connectivity index (χ1n) is 10.6. The normalized spacial score (nSPS) is 17.5. The molecule has 2 atom stereocenters. The van der Waals surface area contributed by atoms with Crippen molar-refractivity contribution in [1.29, 1.82) is 0 Å². The molecule has 1 aliphatic heterocycles. The van der Waals surface area contributed by atoms with Crippen LogP contribution >= 0.6 is 24.0 Å². The molecule has 0 radical (unpaired) electrons. The van der Waals surface area contributed by atoms with Crippen LogP contribution in [0.4, 0.5) is 0 Å². The number of methoxy groups -OCH3 is 2. The quantitative estimate of drug-likeness (QED) is 0.281. The van der Waals surface area contributed by atoms with E-state index in [0.29, 0.717) is 5.96 Å². The van der Waals surface area contributed by atoms with Crippen molar-refractivity contribution >= 4 is 35.8 Å². The third-order valence-electron chi connectivity index (χ3n) is 5.30. The Hall–Kier alpha value is -1.75. The Morgan fingerprint density at radius 3 is 2.45 bits per heavy atom. The smallest absolute Gasteiger partial charge is 0.243 e. The molecule has 31 heavy (non-hydrogen) atoms. The molecule has 0 aliphatic carbocycles. The molecule has 0 aromatic heterocycles. The van der Waals surface area contributed by atoms with E-state index in [2.05, 4.69) is 34.4 Å². The molecular weight excluding hydrogens is 509 g/mol. The predicted molar refractivity (Wildman–Crippen MR) is 136 cm³/mol. The highest BCUT2D eigenvalue weighted by atomic mass is 127. The van der Waals surface area contributed by atoms with Crippen molar-refractivity contribution in [1.82, 2.24) is 20.4 Å². The summed E-state index contributed by atoms with van der Waals surface area (Å²) in [5.74, 6) is 2.29. The van der Waals surface area contributed by atoms with E-state index >= 15 is 0 Å². The van der Waals surface area contributed by atoms with Gasteiger partial charge in [0.15, 0.2) is 5.96 Å². The zero-order valence-electron chi connectivity index (χ0n) is 19.6. The number of halogens is 1. The third-order valence-corrected chi connectivity index (χ3v) is 5.30. The fourth-order valence-electron chi connectivity index (χ4n) is 3.26. The minimum Gasteiger partial charge on any atom is -0.497 e. The van der Waals surface area contributed by atoms with Crippen LogP contribution in [0.2, 0.25) is 0 Å². The Kier molecular flexibility index (Phi) is 12.0. The molecule has 0 saturated carbocycles. The maximum absolute atomic E-state index is 11.9. The lowest BCUT2D eigenvalue weighted by Crippen LogP contribution is -2.47. The molecule has 0 bridgehead atoms. The van der Waals surface area contributed by atoms with Crippen LogP contribution in [0.15, 0.2) is 23.2 Å². The van der Waals surface area contributed by atoms with Crippen LogP contribution in [0.3, 0.4) is 0 Å². The minimum atomic E-state index is -0.0136. The van der Waals surface area contributed by atoms with Gasteiger partial charge in [-0.3, -0.25) is 9.69 Å². The fourth-order valence-corrected chi connectivity index (χ4v) is 3.26. The topological polar surface area (TPSA) is 78.4 Å². The van der Waals surface area contributed by atoms with Gasteiger partial charge in [-0.2, -0.15) is 0 Å². The minimum absolute atomic E-state index is 0. The molecule has 1 aromatic carbocycles. The Morgan fingerprint density at radius 1 is 1.26 bits per heavy atom. The number of carbonyl (C=O) groups excluding carboxylic acids is 1. The van der Waals surface area contributed by atoms with Gasteiger partial charge in [-0.15, -0.1) is 24.0 Å². The van der Waals surface area contributed by atoms with Crippen LogP contribution in [0.5, 0.6) is 11.5 Å². The maximum Gasteiger partial charge on any atom is 0.243 e. The monoisotopic (exact) mass is 547 g/mol. The zero-order valence-corrected chi connectivity index (χ0v) is 21.9. The van der Waals surface area contributed by atoms with E-state index in [9.17, 15) is 4.79 Å². The van der Waals surface area contributed by atoms with Crippen LogP contribution in [-0.4, -0.2) is 81.7 Å². The number of likely N-dealkylation sites (tertiary alicyclic amines) is 1. The van der Waals surface area contributed by atoms with Gasteiger partial charge in [0.25, 0.3) is 0 Å². The average molecular weight is 547 g/mol.